The lowest BCUT2D eigenvalue weighted by atomic mass is 9.94. The highest BCUT2D eigenvalue weighted by molar-refractivity contribution is 5.83. The molecule has 3 nitrogen and oxygen atoms in total. The SMILES string of the molecule is CCCCCCCCOc1ccc(-c2ccccc2-c2ccc(O[C@@H](CC)COCCCCC)cc2)cc1. The molecule has 0 heterocycles. The Labute approximate surface area is 231 Å². The fraction of sp³-hybridized carbons (Fsp3) is 0.486. The van der Waals surface area contributed by atoms with Crippen molar-refractivity contribution in [3.05, 3.63) is 72.8 Å². The Bertz CT molecular complexity index is 1010. The van der Waals surface area contributed by atoms with Crippen LogP contribution in [0.25, 0.3) is 22.3 Å². The normalized spacial score (nSPS) is 11.9. The fourth-order valence-corrected chi connectivity index (χ4v) is 4.60. The molecule has 0 amide bonds. The van der Waals surface area contributed by atoms with Crippen LogP contribution in [0.1, 0.15) is 85.0 Å². The van der Waals surface area contributed by atoms with Crippen LogP contribution in [0.15, 0.2) is 72.8 Å². The van der Waals surface area contributed by atoms with E-state index in [0.717, 1.165) is 44.0 Å². The highest BCUT2D eigenvalue weighted by Crippen LogP contribution is 2.34. The Kier molecular flexibility index (Phi) is 13.8. The molecule has 0 fully saturated rings. The second kappa shape index (κ2) is 17.7. The predicted molar refractivity (Wildman–Crippen MR) is 161 cm³/mol. The van der Waals surface area contributed by atoms with Crippen molar-refractivity contribution >= 4 is 0 Å². The van der Waals surface area contributed by atoms with Gasteiger partial charge in [0, 0.05) is 6.61 Å². The second-order valence-corrected chi connectivity index (χ2v) is 10.1. The average Bonchev–Trinajstić information content (AvgIpc) is 2.96. The van der Waals surface area contributed by atoms with Crippen LogP contribution < -0.4 is 9.47 Å². The van der Waals surface area contributed by atoms with E-state index in [2.05, 4.69) is 93.6 Å². The van der Waals surface area contributed by atoms with Gasteiger partial charge in [-0.05, 0) is 65.8 Å². The zero-order valence-corrected chi connectivity index (χ0v) is 23.9. The third-order valence-corrected chi connectivity index (χ3v) is 6.98. The van der Waals surface area contributed by atoms with Crippen molar-refractivity contribution in [2.45, 2.75) is 91.1 Å². The molecule has 0 radical (unpaired) electrons. The lowest BCUT2D eigenvalue weighted by Gasteiger charge is -2.18. The van der Waals surface area contributed by atoms with Crippen LogP contribution in [-0.2, 0) is 4.74 Å². The Hall–Kier alpha value is -2.78. The molecule has 206 valence electrons. The van der Waals surface area contributed by atoms with E-state index in [9.17, 15) is 0 Å². The monoisotopic (exact) mass is 516 g/mol. The summed E-state index contributed by atoms with van der Waals surface area (Å²) in [5.74, 6) is 1.84. The van der Waals surface area contributed by atoms with Crippen LogP contribution in [0, 0.1) is 0 Å². The van der Waals surface area contributed by atoms with Crippen molar-refractivity contribution in [3.63, 3.8) is 0 Å². The number of unbranched alkanes of at least 4 members (excludes halogenated alkanes) is 7. The molecular formula is C35H48O3. The minimum absolute atomic E-state index is 0.0801. The van der Waals surface area contributed by atoms with Crippen molar-refractivity contribution in [1.29, 1.82) is 0 Å². The molecule has 0 aromatic heterocycles. The molecule has 3 aromatic carbocycles. The molecule has 3 heteroatoms. The van der Waals surface area contributed by atoms with Gasteiger partial charge >= 0.3 is 0 Å². The smallest absolute Gasteiger partial charge is 0.122 e. The molecule has 0 saturated carbocycles. The number of hydrogen-bond acceptors (Lipinski definition) is 3. The van der Waals surface area contributed by atoms with E-state index in [4.69, 9.17) is 14.2 Å². The first-order valence-electron chi connectivity index (χ1n) is 14.9. The van der Waals surface area contributed by atoms with Crippen molar-refractivity contribution in [3.8, 4) is 33.8 Å². The summed E-state index contributed by atoms with van der Waals surface area (Å²) in [6.07, 6.45) is 12.2. The van der Waals surface area contributed by atoms with E-state index in [0.29, 0.717) is 6.61 Å². The van der Waals surface area contributed by atoms with Crippen LogP contribution in [-0.4, -0.2) is 25.9 Å². The van der Waals surface area contributed by atoms with Crippen LogP contribution >= 0.6 is 0 Å². The standard InChI is InChI=1S/C35H48O3/c1-4-7-9-10-11-15-27-37-32-22-18-29(19-23-32)34-16-12-13-17-35(34)30-20-24-33(25-21-30)38-31(6-3)28-36-26-14-8-5-2/h12-13,16-25,31H,4-11,14-15,26-28H2,1-3H3/t31-/m0/s1. The van der Waals surface area contributed by atoms with Gasteiger partial charge in [-0.1, -0.05) is 114 Å². The molecule has 0 saturated heterocycles. The summed E-state index contributed by atoms with van der Waals surface area (Å²) in [5.41, 5.74) is 4.81. The summed E-state index contributed by atoms with van der Waals surface area (Å²) in [4.78, 5) is 0. The molecule has 0 unspecified atom stereocenters. The Morgan fingerprint density at radius 2 is 1.08 bits per heavy atom. The maximum absolute atomic E-state index is 6.21. The summed E-state index contributed by atoms with van der Waals surface area (Å²) in [7, 11) is 0. The zero-order valence-electron chi connectivity index (χ0n) is 23.9. The highest BCUT2D eigenvalue weighted by atomic mass is 16.5. The lowest BCUT2D eigenvalue weighted by Crippen LogP contribution is -2.22. The minimum Gasteiger partial charge on any atom is -0.494 e. The van der Waals surface area contributed by atoms with E-state index in [1.54, 1.807) is 0 Å². The van der Waals surface area contributed by atoms with Crippen LogP contribution in [0.5, 0.6) is 11.5 Å². The number of rotatable bonds is 19. The molecule has 0 N–H and O–H groups in total. The van der Waals surface area contributed by atoms with Crippen molar-refractivity contribution in [2.75, 3.05) is 19.8 Å². The van der Waals surface area contributed by atoms with Gasteiger partial charge in [-0.3, -0.25) is 0 Å². The molecule has 0 aliphatic carbocycles. The number of hydrogen-bond donors (Lipinski definition) is 0. The lowest BCUT2D eigenvalue weighted by molar-refractivity contribution is 0.0466. The van der Waals surface area contributed by atoms with E-state index in [-0.39, 0.29) is 6.10 Å². The molecule has 0 aliphatic rings. The van der Waals surface area contributed by atoms with E-state index in [1.807, 2.05) is 0 Å². The van der Waals surface area contributed by atoms with Crippen molar-refractivity contribution in [2.24, 2.45) is 0 Å². The highest BCUT2D eigenvalue weighted by Gasteiger charge is 2.11. The van der Waals surface area contributed by atoms with Crippen LogP contribution in [0.4, 0.5) is 0 Å². The Morgan fingerprint density at radius 1 is 0.553 bits per heavy atom. The zero-order chi connectivity index (χ0) is 26.8. The number of ether oxygens (including phenoxy) is 3. The predicted octanol–water partition coefficient (Wildman–Crippen LogP) is 10.1. The third kappa shape index (κ3) is 10.2. The Morgan fingerprint density at radius 3 is 1.68 bits per heavy atom. The first-order chi connectivity index (χ1) is 18.7. The first-order valence-corrected chi connectivity index (χ1v) is 14.9. The van der Waals surface area contributed by atoms with E-state index in [1.165, 1.54) is 67.2 Å². The maximum atomic E-state index is 6.21. The van der Waals surface area contributed by atoms with Crippen LogP contribution in [0.2, 0.25) is 0 Å². The molecule has 0 bridgehead atoms. The Balaban J connectivity index is 1.56. The molecule has 38 heavy (non-hydrogen) atoms. The van der Waals surface area contributed by atoms with E-state index >= 15 is 0 Å². The topological polar surface area (TPSA) is 27.7 Å². The third-order valence-electron chi connectivity index (χ3n) is 6.98. The van der Waals surface area contributed by atoms with Crippen molar-refractivity contribution < 1.29 is 14.2 Å². The molecule has 1 atom stereocenters. The van der Waals surface area contributed by atoms with E-state index < -0.39 is 0 Å². The van der Waals surface area contributed by atoms with Gasteiger partial charge in [0.2, 0.25) is 0 Å². The van der Waals surface area contributed by atoms with Gasteiger partial charge < -0.3 is 14.2 Å². The van der Waals surface area contributed by atoms with Gasteiger partial charge in [0.05, 0.1) is 13.2 Å². The summed E-state index contributed by atoms with van der Waals surface area (Å²) in [6.45, 7) is 8.87. The molecule has 0 aliphatic heterocycles. The first kappa shape index (κ1) is 29.8. The minimum atomic E-state index is 0.0801. The van der Waals surface area contributed by atoms with Gasteiger partial charge in [-0.25, -0.2) is 0 Å². The molecular weight excluding hydrogens is 468 g/mol. The molecule has 3 rings (SSSR count). The number of benzene rings is 3. The second-order valence-electron chi connectivity index (χ2n) is 10.1. The fourth-order valence-electron chi connectivity index (χ4n) is 4.60. The van der Waals surface area contributed by atoms with Gasteiger partial charge in [-0.2, -0.15) is 0 Å². The maximum Gasteiger partial charge on any atom is 0.122 e. The van der Waals surface area contributed by atoms with Gasteiger partial charge in [0.1, 0.15) is 17.6 Å². The van der Waals surface area contributed by atoms with Gasteiger partial charge in [-0.15, -0.1) is 0 Å². The molecule has 0 spiro atoms. The largest absolute Gasteiger partial charge is 0.494 e. The van der Waals surface area contributed by atoms with Crippen molar-refractivity contribution in [1.82, 2.24) is 0 Å². The van der Waals surface area contributed by atoms with Gasteiger partial charge in [0.25, 0.3) is 0 Å². The van der Waals surface area contributed by atoms with Gasteiger partial charge in [0.15, 0.2) is 0 Å². The average molecular weight is 517 g/mol. The molecule has 3 aromatic rings. The summed E-state index contributed by atoms with van der Waals surface area (Å²) in [6, 6.07) is 25.6. The van der Waals surface area contributed by atoms with Crippen LogP contribution in [0.3, 0.4) is 0 Å². The quantitative estimate of drug-likeness (QED) is 0.148. The summed E-state index contributed by atoms with van der Waals surface area (Å²) in [5, 5.41) is 0. The summed E-state index contributed by atoms with van der Waals surface area (Å²) < 4.78 is 18.0. The summed E-state index contributed by atoms with van der Waals surface area (Å²) >= 11 is 0.